The first-order valence-electron chi connectivity index (χ1n) is 6.21. The second-order valence-electron chi connectivity index (χ2n) is 4.95. The van der Waals surface area contributed by atoms with E-state index >= 15 is 0 Å². The third-order valence-electron chi connectivity index (χ3n) is 3.28. The van der Waals surface area contributed by atoms with E-state index in [4.69, 9.17) is 5.73 Å². The quantitative estimate of drug-likeness (QED) is 0.803. The van der Waals surface area contributed by atoms with Crippen molar-refractivity contribution >= 4 is 0 Å². The lowest BCUT2D eigenvalue weighted by Gasteiger charge is -2.30. The molecular weight excluding hydrogens is 200 g/mol. The maximum Gasteiger partial charge on any atom is 0.0946 e. The molecule has 3 unspecified atom stereocenters. The van der Waals surface area contributed by atoms with Crippen LogP contribution in [-0.4, -0.2) is 27.7 Å². The van der Waals surface area contributed by atoms with E-state index in [1.54, 1.807) is 0 Å². The van der Waals surface area contributed by atoms with Crippen LogP contribution in [0, 0.1) is 0 Å². The van der Waals surface area contributed by atoms with Crippen LogP contribution in [0.3, 0.4) is 0 Å². The lowest BCUT2D eigenvalue weighted by atomic mass is 9.91. The van der Waals surface area contributed by atoms with E-state index in [1.165, 1.54) is 19.3 Å². The average Bonchev–Trinajstić information content (AvgIpc) is 2.70. The molecule has 0 aromatic carbocycles. The molecular formula is C12H22N4. The number of nitrogens with two attached hydrogens (primary N) is 1. The second kappa shape index (κ2) is 5.46. The summed E-state index contributed by atoms with van der Waals surface area (Å²) in [5.74, 6) is 0. The van der Waals surface area contributed by atoms with E-state index in [1.807, 2.05) is 18.7 Å². The highest BCUT2D eigenvalue weighted by Crippen LogP contribution is 2.17. The molecule has 0 spiro atoms. The summed E-state index contributed by atoms with van der Waals surface area (Å²) >= 11 is 0. The summed E-state index contributed by atoms with van der Waals surface area (Å²) in [6, 6.07) is 1.47. The molecule has 4 nitrogen and oxygen atoms in total. The Hall–Kier alpha value is -0.870. The van der Waals surface area contributed by atoms with Crippen LogP contribution in [0.2, 0.25) is 0 Å². The molecule has 90 valence electrons. The number of aromatic nitrogens is 2. The Labute approximate surface area is 97.2 Å². The highest BCUT2D eigenvalue weighted by Gasteiger charge is 2.20. The molecule has 2 rings (SSSR count). The Kier molecular flexibility index (Phi) is 3.96. The predicted octanol–water partition coefficient (Wildman–Crippen LogP) is 1.13. The molecule has 1 aliphatic rings. The van der Waals surface area contributed by atoms with Crippen LogP contribution >= 0.6 is 0 Å². The number of rotatable bonds is 4. The molecule has 0 aliphatic heterocycles. The summed E-state index contributed by atoms with van der Waals surface area (Å²) in [4.78, 5) is 4.05. The van der Waals surface area contributed by atoms with Crippen LogP contribution < -0.4 is 11.1 Å². The number of hydrogen-bond acceptors (Lipinski definition) is 3. The lowest BCUT2D eigenvalue weighted by molar-refractivity contribution is 0.305. The van der Waals surface area contributed by atoms with E-state index in [9.17, 15) is 0 Å². The summed E-state index contributed by atoms with van der Waals surface area (Å²) in [5, 5.41) is 3.66. The lowest BCUT2D eigenvalue weighted by Crippen LogP contribution is -2.44. The van der Waals surface area contributed by atoms with Crippen molar-refractivity contribution in [3.8, 4) is 0 Å². The van der Waals surface area contributed by atoms with Crippen LogP contribution in [0.5, 0.6) is 0 Å². The van der Waals surface area contributed by atoms with Crippen LogP contribution in [0.25, 0.3) is 0 Å². The van der Waals surface area contributed by atoms with E-state index in [-0.39, 0.29) is 0 Å². The van der Waals surface area contributed by atoms with Gasteiger partial charge in [0.15, 0.2) is 0 Å². The van der Waals surface area contributed by atoms with Crippen LogP contribution in [0.15, 0.2) is 18.7 Å². The minimum atomic E-state index is 0.395. The first-order chi connectivity index (χ1) is 7.74. The summed E-state index contributed by atoms with van der Waals surface area (Å²) in [6.07, 6.45) is 10.5. The van der Waals surface area contributed by atoms with E-state index in [0.717, 1.165) is 13.0 Å². The molecule has 3 N–H and O–H groups in total. The molecule has 16 heavy (non-hydrogen) atoms. The summed E-state index contributed by atoms with van der Waals surface area (Å²) in [7, 11) is 0. The van der Waals surface area contributed by atoms with Gasteiger partial charge in [0, 0.05) is 37.1 Å². The van der Waals surface area contributed by atoms with Gasteiger partial charge in [-0.3, -0.25) is 0 Å². The second-order valence-corrected chi connectivity index (χ2v) is 4.95. The van der Waals surface area contributed by atoms with Gasteiger partial charge < -0.3 is 15.6 Å². The Bertz CT molecular complexity index is 296. The largest absolute Gasteiger partial charge is 0.336 e. The fourth-order valence-corrected chi connectivity index (χ4v) is 2.54. The van der Waals surface area contributed by atoms with Crippen molar-refractivity contribution < 1.29 is 0 Å². The molecule has 1 saturated carbocycles. The number of imidazole rings is 1. The van der Waals surface area contributed by atoms with Gasteiger partial charge >= 0.3 is 0 Å². The van der Waals surface area contributed by atoms with Gasteiger partial charge in [0.25, 0.3) is 0 Å². The molecule has 3 atom stereocenters. The van der Waals surface area contributed by atoms with Gasteiger partial charge in [-0.1, -0.05) is 6.42 Å². The maximum absolute atomic E-state index is 5.98. The van der Waals surface area contributed by atoms with Crippen molar-refractivity contribution in [1.82, 2.24) is 14.9 Å². The highest BCUT2D eigenvalue weighted by atomic mass is 15.1. The molecule has 1 fully saturated rings. The predicted molar refractivity (Wildman–Crippen MR) is 65.1 cm³/mol. The van der Waals surface area contributed by atoms with Crippen LogP contribution in [0.4, 0.5) is 0 Å². The summed E-state index contributed by atoms with van der Waals surface area (Å²) < 4.78 is 2.11. The Morgan fingerprint density at radius 2 is 2.44 bits per heavy atom. The van der Waals surface area contributed by atoms with Gasteiger partial charge in [-0.15, -0.1) is 0 Å². The summed E-state index contributed by atoms with van der Waals surface area (Å²) in [6.45, 7) is 3.20. The SMILES string of the molecule is CC(Cn1ccnc1)NC1CCCC(N)C1. The Morgan fingerprint density at radius 1 is 1.56 bits per heavy atom. The zero-order chi connectivity index (χ0) is 11.4. The molecule has 0 radical (unpaired) electrons. The number of hydrogen-bond donors (Lipinski definition) is 2. The highest BCUT2D eigenvalue weighted by molar-refractivity contribution is 4.83. The van der Waals surface area contributed by atoms with Crippen molar-refractivity contribution in [3.63, 3.8) is 0 Å². The molecule has 1 aromatic heterocycles. The summed E-state index contributed by atoms with van der Waals surface area (Å²) in [5.41, 5.74) is 5.98. The first kappa shape index (κ1) is 11.6. The van der Waals surface area contributed by atoms with Crippen LogP contribution in [0.1, 0.15) is 32.6 Å². The van der Waals surface area contributed by atoms with E-state index in [2.05, 4.69) is 21.8 Å². The average molecular weight is 222 g/mol. The standard InChI is InChI=1S/C12H22N4/c1-10(8-16-6-5-14-9-16)15-12-4-2-3-11(13)7-12/h5-6,9-12,15H,2-4,7-8,13H2,1H3. The molecule has 1 aliphatic carbocycles. The number of nitrogens with zero attached hydrogens (tertiary/aromatic N) is 2. The fourth-order valence-electron chi connectivity index (χ4n) is 2.54. The smallest absolute Gasteiger partial charge is 0.0946 e. The normalized spacial score (nSPS) is 27.9. The molecule has 0 amide bonds. The maximum atomic E-state index is 5.98. The fraction of sp³-hybridized carbons (Fsp3) is 0.750. The van der Waals surface area contributed by atoms with Gasteiger partial charge in [0.1, 0.15) is 0 Å². The third-order valence-corrected chi connectivity index (χ3v) is 3.28. The van der Waals surface area contributed by atoms with Crippen molar-refractivity contribution in [2.75, 3.05) is 0 Å². The van der Waals surface area contributed by atoms with Gasteiger partial charge in [-0.25, -0.2) is 4.98 Å². The van der Waals surface area contributed by atoms with Gasteiger partial charge in [-0.05, 0) is 26.2 Å². The zero-order valence-electron chi connectivity index (χ0n) is 9.97. The van der Waals surface area contributed by atoms with Crippen molar-refractivity contribution in [2.24, 2.45) is 5.73 Å². The molecule has 1 aromatic rings. The molecule has 0 saturated heterocycles. The van der Waals surface area contributed by atoms with Gasteiger partial charge in [0.2, 0.25) is 0 Å². The van der Waals surface area contributed by atoms with E-state index in [0.29, 0.717) is 18.1 Å². The number of nitrogens with one attached hydrogen (secondary N) is 1. The third kappa shape index (κ3) is 3.32. The Morgan fingerprint density at radius 3 is 3.12 bits per heavy atom. The molecule has 4 heteroatoms. The van der Waals surface area contributed by atoms with Crippen LogP contribution in [-0.2, 0) is 6.54 Å². The van der Waals surface area contributed by atoms with Crippen molar-refractivity contribution in [3.05, 3.63) is 18.7 Å². The Balaban J connectivity index is 1.76. The van der Waals surface area contributed by atoms with Gasteiger partial charge in [0.05, 0.1) is 6.33 Å². The minimum absolute atomic E-state index is 0.395. The topological polar surface area (TPSA) is 55.9 Å². The van der Waals surface area contributed by atoms with Gasteiger partial charge in [-0.2, -0.15) is 0 Å². The molecule has 1 heterocycles. The first-order valence-corrected chi connectivity index (χ1v) is 6.21. The van der Waals surface area contributed by atoms with Crippen molar-refractivity contribution in [2.45, 2.75) is 57.3 Å². The monoisotopic (exact) mass is 222 g/mol. The van der Waals surface area contributed by atoms with E-state index < -0.39 is 0 Å². The zero-order valence-corrected chi connectivity index (χ0v) is 9.97. The minimum Gasteiger partial charge on any atom is -0.336 e. The molecule has 0 bridgehead atoms. The van der Waals surface area contributed by atoms with Crippen molar-refractivity contribution in [1.29, 1.82) is 0 Å².